The minimum Gasteiger partial charge on any atom is -0.395 e. The van der Waals surface area contributed by atoms with Gasteiger partial charge in [0, 0.05) is 11.2 Å². The second-order valence-electron chi connectivity index (χ2n) is 7.82. The summed E-state index contributed by atoms with van der Waals surface area (Å²) in [6.45, 7) is 3.14. The minimum absolute atomic E-state index is 0.0744. The fourth-order valence-electron chi connectivity index (χ4n) is 3.15. The van der Waals surface area contributed by atoms with Crippen LogP contribution in [0.4, 0.5) is 5.82 Å². The molecule has 31 heavy (non-hydrogen) atoms. The summed E-state index contributed by atoms with van der Waals surface area (Å²) < 4.78 is 7.27. The van der Waals surface area contributed by atoms with Crippen molar-refractivity contribution in [1.82, 2.24) is 19.5 Å². The molecule has 0 bridgehead atoms. The third-order valence-electron chi connectivity index (χ3n) is 4.84. The van der Waals surface area contributed by atoms with Crippen LogP contribution < -0.4 is 5.32 Å². The van der Waals surface area contributed by atoms with E-state index in [-0.39, 0.29) is 29.2 Å². The highest BCUT2D eigenvalue weighted by Gasteiger charge is 2.44. The first kappa shape index (κ1) is 23.1. The van der Waals surface area contributed by atoms with E-state index in [2.05, 4.69) is 20.3 Å². The Morgan fingerprint density at radius 1 is 1.39 bits per heavy atom. The molecule has 4 atom stereocenters. The molecule has 3 heterocycles. The van der Waals surface area contributed by atoms with Crippen LogP contribution in [0.5, 0.6) is 0 Å². The van der Waals surface area contributed by atoms with Gasteiger partial charge in [-0.15, -0.1) is 0 Å². The van der Waals surface area contributed by atoms with Crippen molar-refractivity contribution in [2.45, 2.75) is 38.4 Å². The summed E-state index contributed by atoms with van der Waals surface area (Å²) in [6, 6.07) is 1.82. The van der Waals surface area contributed by atoms with Gasteiger partial charge in [0.25, 0.3) is 5.91 Å². The number of anilines is 1. The number of imidazole rings is 1. The fraction of sp³-hybridized carbons (Fsp3) is 0.526. The predicted octanol–water partition coefficient (Wildman–Crippen LogP) is 0.215. The maximum atomic E-state index is 12.6. The lowest BCUT2D eigenvalue weighted by molar-refractivity contribution is -0.112. The summed E-state index contributed by atoms with van der Waals surface area (Å²) in [6.07, 6.45) is 2.15. The lowest BCUT2D eigenvalue weighted by atomic mass is 9.92. The van der Waals surface area contributed by atoms with Gasteiger partial charge in [-0.25, -0.2) is 15.0 Å². The standard InChI is InChI=1S/C19H24N6O5S/c1-19(2,7-26)4-10(5-20)17(29)24-15-12-16(22-8-21-15)25(9-23-12)18-14(28)13(27)11(30-18)6-31-3/h4,8-9,11,13-14,18,26-28H,6-7H2,1-3H3,(H,21,22,24,29)/b10-4+/t11-,13-,14-,18-/m1/s1. The van der Waals surface area contributed by atoms with Crippen LogP contribution >= 0.6 is 11.8 Å². The van der Waals surface area contributed by atoms with Gasteiger partial charge in [0.2, 0.25) is 0 Å². The Kier molecular flexibility index (Phi) is 6.93. The van der Waals surface area contributed by atoms with Crippen molar-refractivity contribution in [2.75, 3.05) is 23.9 Å². The third-order valence-corrected chi connectivity index (χ3v) is 5.50. The van der Waals surface area contributed by atoms with Crippen LogP contribution in [0.1, 0.15) is 20.1 Å². The SMILES string of the molecule is CSC[C@H]1O[C@@H](n2cnc3c(NC(=O)/C(C#N)=C/C(C)(C)CO)ncnc32)[C@H](O)[C@@H]1O. The van der Waals surface area contributed by atoms with Crippen molar-refractivity contribution in [3.05, 3.63) is 24.3 Å². The summed E-state index contributed by atoms with van der Waals surface area (Å²) in [5, 5.41) is 41.9. The van der Waals surface area contributed by atoms with Crippen molar-refractivity contribution in [3.63, 3.8) is 0 Å². The maximum absolute atomic E-state index is 12.6. The summed E-state index contributed by atoms with van der Waals surface area (Å²) in [5.41, 5.74) is -0.421. The molecule has 0 spiro atoms. The second-order valence-corrected chi connectivity index (χ2v) is 8.73. The summed E-state index contributed by atoms with van der Waals surface area (Å²) >= 11 is 1.49. The molecule has 2 aromatic rings. The topological polar surface area (TPSA) is 166 Å². The quantitative estimate of drug-likeness (QED) is 0.340. The minimum atomic E-state index is -1.18. The summed E-state index contributed by atoms with van der Waals surface area (Å²) in [7, 11) is 0. The number of carbonyl (C=O) groups is 1. The van der Waals surface area contributed by atoms with E-state index >= 15 is 0 Å². The largest absolute Gasteiger partial charge is 0.395 e. The second kappa shape index (κ2) is 9.29. The van der Waals surface area contributed by atoms with Crippen molar-refractivity contribution in [1.29, 1.82) is 5.26 Å². The van der Waals surface area contributed by atoms with Crippen LogP contribution in [0, 0.1) is 16.7 Å². The van der Waals surface area contributed by atoms with Crippen LogP contribution in [0.25, 0.3) is 11.2 Å². The van der Waals surface area contributed by atoms with Gasteiger partial charge in [-0.05, 0) is 6.26 Å². The van der Waals surface area contributed by atoms with E-state index in [4.69, 9.17) is 4.74 Å². The van der Waals surface area contributed by atoms with Crippen molar-refractivity contribution in [3.8, 4) is 6.07 Å². The van der Waals surface area contributed by atoms with Crippen LogP contribution in [0.15, 0.2) is 24.3 Å². The number of thioether (sulfide) groups is 1. The molecule has 3 rings (SSSR count). The molecule has 2 aromatic heterocycles. The van der Waals surface area contributed by atoms with Crippen molar-refractivity contribution >= 4 is 34.7 Å². The van der Waals surface area contributed by atoms with E-state index in [1.807, 2.05) is 12.3 Å². The van der Waals surface area contributed by atoms with Crippen LogP contribution in [0.2, 0.25) is 0 Å². The summed E-state index contributed by atoms with van der Waals surface area (Å²) in [4.78, 5) is 25.0. The number of fused-ring (bicyclic) bond motifs is 1. The molecular formula is C19H24N6O5S. The Morgan fingerprint density at radius 3 is 2.77 bits per heavy atom. The molecule has 12 heteroatoms. The van der Waals surface area contributed by atoms with Crippen LogP contribution in [-0.2, 0) is 9.53 Å². The third kappa shape index (κ3) is 4.70. The summed E-state index contributed by atoms with van der Waals surface area (Å²) in [5.74, 6) is -0.123. The number of hydrogen-bond acceptors (Lipinski definition) is 10. The van der Waals surface area contributed by atoms with Gasteiger partial charge in [0.05, 0.1) is 19.0 Å². The normalized spacial score (nSPS) is 24.4. The highest BCUT2D eigenvalue weighted by atomic mass is 32.2. The zero-order valence-electron chi connectivity index (χ0n) is 17.3. The van der Waals surface area contributed by atoms with Gasteiger partial charge < -0.3 is 25.4 Å². The number of aliphatic hydroxyl groups is 3. The Balaban J connectivity index is 1.90. The molecule has 0 aliphatic carbocycles. The number of amides is 1. The van der Waals surface area contributed by atoms with Crippen LogP contribution in [0.3, 0.4) is 0 Å². The molecule has 1 aliphatic rings. The van der Waals surface area contributed by atoms with E-state index in [1.54, 1.807) is 13.8 Å². The molecule has 1 aliphatic heterocycles. The molecule has 166 valence electrons. The van der Waals surface area contributed by atoms with Gasteiger partial charge in [-0.2, -0.15) is 17.0 Å². The molecule has 0 saturated carbocycles. The number of nitriles is 1. The first-order valence-electron chi connectivity index (χ1n) is 9.45. The molecule has 0 radical (unpaired) electrons. The molecule has 0 aromatic carbocycles. The van der Waals surface area contributed by atoms with Gasteiger partial charge in [0.1, 0.15) is 30.2 Å². The Morgan fingerprint density at radius 2 is 2.13 bits per heavy atom. The van der Waals surface area contributed by atoms with Gasteiger partial charge >= 0.3 is 0 Å². The average Bonchev–Trinajstić information content (AvgIpc) is 3.29. The Bertz CT molecular complexity index is 1030. The molecule has 1 fully saturated rings. The molecule has 4 N–H and O–H groups in total. The van der Waals surface area contributed by atoms with Gasteiger partial charge in [-0.1, -0.05) is 19.9 Å². The van der Waals surface area contributed by atoms with Crippen molar-refractivity contribution < 1.29 is 24.9 Å². The fourth-order valence-corrected chi connectivity index (χ4v) is 3.75. The van der Waals surface area contributed by atoms with Crippen molar-refractivity contribution in [2.24, 2.45) is 5.41 Å². The van der Waals surface area contributed by atoms with E-state index in [0.717, 1.165) is 0 Å². The number of hydrogen-bond donors (Lipinski definition) is 4. The van der Waals surface area contributed by atoms with E-state index in [0.29, 0.717) is 5.75 Å². The average molecular weight is 449 g/mol. The van der Waals surface area contributed by atoms with Gasteiger partial charge in [-0.3, -0.25) is 9.36 Å². The smallest absolute Gasteiger partial charge is 0.267 e. The van der Waals surface area contributed by atoms with E-state index < -0.39 is 35.9 Å². The van der Waals surface area contributed by atoms with E-state index in [9.17, 15) is 25.4 Å². The number of nitrogens with zero attached hydrogens (tertiary/aromatic N) is 5. The monoisotopic (exact) mass is 448 g/mol. The number of aromatic nitrogens is 4. The molecule has 0 unspecified atom stereocenters. The Hall–Kier alpha value is -2.56. The Labute approximate surface area is 182 Å². The zero-order chi connectivity index (χ0) is 22.8. The molecule has 1 amide bonds. The number of ether oxygens (including phenoxy) is 1. The van der Waals surface area contributed by atoms with Gasteiger partial charge in [0.15, 0.2) is 23.2 Å². The number of carbonyl (C=O) groups excluding carboxylic acids is 1. The number of nitrogens with one attached hydrogen (secondary N) is 1. The lowest BCUT2D eigenvalue weighted by Crippen LogP contribution is -2.32. The van der Waals surface area contributed by atoms with E-state index in [1.165, 1.54) is 35.1 Å². The first-order valence-corrected chi connectivity index (χ1v) is 10.8. The highest BCUT2D eigenvalue weighted by Crippen LogP contribution is 2.33. The number of rotatable bonds is 7. The van der Waals surface area contributed by atoms with Crippen LogP contribution in [-0.4, -0.2) is 77.7 Å². The molecule has 11 nitrogen and oxygen atoms in total. The first-order chi connectivity index (χ1) is 14.7. The molecular weight excluding hydrogens is 424 g/mol. The maximum Gasteiger partial charge on any atom is 0.267 e. The predicted molar refractivity (Wildman–Crippen MR) is 113 cm³/mol. The lowest BCUT2D eigenvalue weighted by Gasteiger charge is -2.17. The zero-order valence-corrected chi connectivity index (χ0v) is 18.1. The number of aliphatic hydroxyl groups excluding tert-OH is 3. The molecule has 1 saturated heterocycles. The highest BCUT2D eigenvalue weighted by molar-refractivity contribution is 7.98.